The maximum atomic E-state index is 12.0. The number of aryl methyl sites for hydroxylation is 2. The number of esters is 1. The number of likely N-dealkylation sites (N-methyl/N-ethyl adjacent to an activating group) is 1. The van der Waals surface area contributed by atoms with Crippen molar-refractivity contribution >= 4 is 23.6 Å². The highest BCUT2D eigenvalue weighted by atomic mass is 32.2. The summed E-state index contributed by atoms with van der Waals surface area (Å²) in [7, 11) is 3.22. The lowest BCUT2D eigenvalue weighted by molar-refractivity contribution is -0.155. The van der Waals surface area contributed by atoms with E-state index >= 15 is 0 Å². The van der Waals surface area contributed by atoms with Gasteiger partial charge in [0.2, 0.25) is 5.16 Å². The molecule has 0 saturated heterocycles. The van der Waals surface area contributed by atoms with Crippen LogP contribution in [-0.4, -0.2) is 62.9 Å². The Hall–Kier alpha value is -2.42. The summed E-state index contributed by atoms with van der Waals surface area (Å²) in [6, 6.07) is 5.98. The molecule has 8 nitrogen and oxygen atoms in total. The number of aromatic nitrogens is 4. The van der Waals surface area contributed by atoms with Crippen molar-refractivity contribution in [3.05, 3.63) is 29.3 Å². The number of benzene rings is 1. The van der Waals surface area contributed by atoms with Crippen LogP contribution in [-0.2, 0) is 14.3 Å². The number of nitrogens with zero attached hydrogens (tertiary/aromatic N) is 5. The summed E-state index contributed by atoms with van der Waals surface area (Å²) in [5, 5.41) is 12.1. The van der Waals surface area contributed by atoms with E-state index in [1.165, 1.54) is 4.90 Å². The molecule has 1 amide bonds. The molecule has 0 radical (unpaired) electrons. The molecule has 9 heteroatoms. The quantitative estimate of drug-likeness (QED) is 0.566. The fourth-order valence-corrected chi connectivity index (χ4v) is 2.80. The van der Waals surface area contributed by atoms with E-state index in [0.717, 1.165) is 28.6 Å². The maximum absolute atomic E-state index is 12.0. The largest absolute Gasteiger partial charge is 0.452 e. The number of ether oxygens (including phenoxy) is 1. The van der Waals surface area contributed by atoms with E-state index in [-0.39, 0.29) is 11.7 Å². The second-order valence-corrected chi connectivity index (χ2v) is 6.76. The van der Waals surface area contributed by atoms with Crippen LogP contribution in [0.5, 0.6) is 0 Å². The molecule has 1 aromatic heterocycles. The van der Waals surface area contributed by atoms with Crippen LogP contribution in [0.25, 0.3) is 5.69 Å². The highest BCUT2D eigenvalue weighted by molar-refractivity contribution is 7.99. The average Bonchev–Trinajstić information content (AvgIpc) is 3.02. The molecule has 0 spiro atoms. The Morgan fingerprint density at radius 2 is 2.04 bits per heavy atom. The third kappa shape index (κ3) is 4.79. The van der Waals surface area contributed by atoms with Crippen LogP contribution < -0.4 is 0 Å². The first kappa shape index (κ1) is 18.9. The fraction of sp³-hybridized carbons (Fsp3) is 0.438. The molecule has 0 aliphatic rings. The fourth-order valence-electron chi connectivity index (χ4n) is 2.14. The number of hydrogen-bond donors (Lipinski definition) is 0. The molecule has 0 fully saturated rings. The van der Waals surface area contributed by atoms with E-state index in [2.05, 4.69) is 15.5 Å². The minimum atomic E-state index is -0.821. The van der Waals surface area contributed by atoms with E-state index < -0.39 is 12.1 Å². The van der Waals surface area contributed by atoms with Crippen LogP contribution in [0.3, 0.4) is 0 Å². The lowest BCUT2D eigenvalue weighted by Gasteiger charge is -2.17. The van der Waals surface area contributed by atoms with Crippen LogP contribution in [0.2, 0.25) is 0 Å². The highest BCUT2D eigenvalue weighted by Crippen LogP contribution is 2.21. The average molecular weight is 363 g/mol. The Morgan fingerprint density at radius 3 is 2.72 bits per heavy atom. The van der Waals surface area contributed by atoms with E-state index in [4.69, 9.17) is 4.74 Å². The molecular weight excluding hydrogens is 342 g/mol. The Bertz CT molecular complexity index is 775. The third-order valence-corrected chi connectivity index (χ3v) is 4.34. The van der Waals surface area contributed by atoms with Gasteiger partial charge in [0, 0.05) is 14.1 Å². The highest BCUT2D eigenvalue weighted by Gasteiger charge is 2.20. The minimum Gasteiger partial charge on any atom is -0.452 e. The number of amides is 1. The van der Waals surface area contributed by atoms with Gasteiger partial charge in [0.05, 0.1) is 11.4 Å². The van der Waals surface area contributed by atoms with Crippen molar-refractivity contribution < 1.29 is 14.3 Å². The summed E-state index contributed by atoms with van der Waals surface area (Å²) in [6.45, 7) is 5.50. The second kappa shape index (κ2) is 8.11. The zero-order valence-electron chi connectivity index (χ0n) is 14.9. The molecule has 0 aliphatic heterocycles. The van der Waals surface area contributed by atoms with Gasteiger partial charge in [-0.05, 0) is 48.4 Å². The first-order chi connectivity index (χ1) is 11.8. The van der Waals surface area contributed by atoms with Gasteiger partial charge in [0.25, 0.3) is 5.91 Å². The van der Waals surface area contributed by atoms with Crippen molar-refractivity contribution in [1.82, 2.24) is 25.1 Å². The first-order valence-electron chi connectivity index (χ1n) is 7.69. The molecule has 1 heterocycles. The van der Waals surface area contributed by atoms with Gasteiger partial charge in [-0.2, -0.15) is 4.68 Å². The number of carbonyl (C=O) groups excluding carboxylic acids is 2. The molecule has 0 N–H and O–H groups in total. The molecule has 0 saturated carbocycles. The van der Waals surface area contributed by atoms with E-state index in [1.54, 1.807) is 25.7 Å². The molecule has 25 heavy (non-hydrogen) atoms. The van der Waals surface area contributed by atoms with Crippen molar-refractivity contribution in [2.24, 2.45) is 0 Å². The molecule has 0 aliphatic carbocycles. The number of carbonyl (C=O) groups is 2. The zero-order chi connectivity index (χ0) is 18.6. The van der Waals surface area contributed by atoms with Gasteiger partial charge in [0.1, 0.15) is 0 Å². The van der Waals surface area contributed by atoms with Gasteiger partial charge >= 0.3 is 5.97 Å². The monoisotopic (exact) mass is 363 g/mol. The minimum absolute atomic E-state index is 0.0102. The standard InChI is InChI=1S/C16H21N5O3S/c1-10-6-7-11(2)13(8-10)21-16(17-18-19-21)25-9-14(22)24-12(3)15(23)20(4)5/h6-8,12H,9H2,1-5H3/t12-/m1/s1. The summed E-state index contributed by atoms with van der Waals surface area (Å²) >= 11 is 1.16. The topological polar surface area (TPSA) is 90.2 Å². The molecule has 0 unspecified atom stereocenters. The van der Waals surface area contributed by atoms with Gasteiger partial charge < -0.3 is 9.64 Å². The van der Waals surface area contributed by atoms with E-state index in [1.807, 2.05) is 32.0 Å². The van der Waals surface area contributed by atoms with E-state index in [9.17, 15) is 9.59 Å². The predicted molar refractivity (Wildman–Crippen MR) is 93.6 cm³/mol. The summed E-state index contributed by atoms with van der Waals surface area (Å²) in [6.07, 6.45) is -0.821. The van der Waals surface area contributed by atoms with Crippen LogP contribution in [0.1, 0.15) is 18.1 Å². The van der Waals surface area contributed by atoms with Gasteiger partial charge in [-0.25, -0.2) is 0 Å². The zero-order valence-corrected chi connectivity index (χ0v) is 15.7. The van der Waals surface area contributed by atoms with E-state index in [0.29, 0.717) is 5.16 Å². The summed E-state index contributed by atoms with van der Waals surface area (Å²) in [4.78, 5) is 25.1. The number of rotatable bonds is 6. The number of hydrogen-bond acceptors (Lipinski definition) is 7. The third-order valence-electron chi connectivity index (χ3n) is 3.45. The molecule has 2 rings (SSSR count). The Labute approximate surface area is 150 Å². The lowest BCUT2D eigenvalue weighted by Crippen LogP contribution is -2.35. The smallest absolute Gasteiger partial charge is 0.317 e. The number of thioether (sulfide) groups is 1. The molecule has 0 bridgehead atoms. The Morgan fingerprint density at radius 1 is 1.32 bits per heavy atom. The van der Waals surface area contributed by atoms with Gasteiger partial charge in [-0.3, -0.25) is 9.59 Å². The van der Waals surface area contributed by atoms with Gasteiger partial charge in [0.15, 0.2) is 6.10 Å². The molecule has 2 aromatic rings. The first-order valence-corrected chi connectivity index (χ1v) is 8.67. The normalized spacial score (nSPS) is 11.9. The molecule has 1 atom stereocenters. The predicted octanol–water partition coefficient (Wildman–Crippen LogP) is 1.39. The molecule has 134 valence electrons. The second-order valence-electron chi connectivity index (χ2n) is 5.82. The SMILES string of the molecule is Cc1ccc(C)c(-n2nnnc2SCC(=O)O[C@H](C)C(=O)N(C)C)c1. The lowest BCUT2D eigenvalue weighted by atomic mass is 10.1. The van der Waals surface area contributed by atoms with Gasteiger partial charge in [-0.1, -0.05) is 23.9 Å². The Balaban J connectivity index is 2.03. The van der Waals surface area contributed by atoms with Gasteiger partial charge in [-0.15, -0.1) is 5.10 Å². The van der Waals surface area contributed by atoms with Crippen LogP contribution in [0.15, 0.2) is 23.4 Å². The van der Waals surface area contributed by atoms with Crippen LogP contribution in [0, 0.1) is 13.8 Å². The van der Waals surface area contributed by atoms with Crippen molar-refractivity contribution in [2.75, 3.05) is 19.8 Å². The van der Waals surface area contributed by atoms with Crippen molar-refractivity contribution in [3.8, 4) is 5.69 Å². The number of tetrazole rings is 1. The van der Waals surface area contributed by atoms with Crippen molar-refractivity contribution in [3.63, 3.8) is 0 Å². The summed E-state index contributed by atoms with van der Waals surface area (Å²) < 4.78 is 6.72. The van der Waals surface area contributed by atoms with Crippen molar-refractivity contribution in [2.45, 2.75) is 32.0 Å². The molecule has 1 aromatic carbocycles. The van der Waals surface area contributed by atoms with Crippen molar-refractivity contribution in [1.29, 1.82) is 0 Å². The summed E-state index contributed by atoms with van der Waals surface area (Å²) in [5.74, 6) is -0.752. The van der Waals surface area contributed by atoms with Crippen LogP contribution in [0.4, 0.5) is 0 Å². The Kier molecular flexibility index (Phi) is 6.13. The maximum Gasteiger partial charge on any atom is 0.317 e. The summed E-state index contributed by atoms with van der Waals surface area (Å²) in [5.41, 5.74) is 2.96. The van der Waals surface area contributed by atoms with Crippen LogP contribution >= 0.6 is 11.8 Å². The molecular formula is C16H21N5O3S.